The summed E-state index contributed by atoms with van der Waals surface area (Å²) in [5, 5.41) is 3.30. The number of hydrogen-bond donors (Lipinski definition) is 0. The van der Waals surface area contributed by atoms with Crippen molar-refractivity contribution in [1.82, 2.24) is 0 Å². The van der Waals surface area contributed by atoms with Crippen molar-refractivity contribution < 1.29 is 0 Å². The minimum absolute atomic E-state index is 1.18. The van der Waals surface area contributed by atoms with Crippen molar-refractivity contribution in [3.8, 4) is 10.4 Å². The van der Waals surface area contributed by atoms with E-state index in [-0.39, 0.29) is 0 Å². The third kappa shape index (κ3) is 2.04. The van der Waals surface area contributed by atoms with E-state index in [9.17, 15) is 0 Å². The predicted molar refractivity (Wildman–Crippen MR) is 62.0 cm³/mol. The summed E-state index contributed by atoms with van der Waals surface area (Å²) in [4.78, 5) is 1.35. The molecule has 0 aliphatic rings. The molecule has 0 nitrogen and oxygen atoms in total. The van der Waals surface area contributed by atoms with Gasteiger partial charge in [-0.1, -0.05) is 0 Å². The number of thiophene rings is 1. The second kappa shape index (κ2) is 4.13. The van der Waals surface area contributed by atoms with Gasteiger partial charge in [-0.25, -0.2) is 0 Å². The third-order valence-electron chi connectivity index (χ3n) is 2.00. The van der Waals surface area contributed by atoms with Crippen molar-refractivity contribution in [2.24, 2.45) is 0 Å². The molecule has 2 rings (SSSR count). The van der Waals surface area contributed by atoms with Crippen LogP contribution in [-0.2, 0) is 5.21 Å². The Balaban J connectivity index is 2.33. The molecule has 1 atom stereocenters. The van der Waals surface area contributed by atoms with Gasteiger partial charge in [0.2, 0.25) is 0 Å². The molecule has 0 fully saturated rings. The zero-order valence-electron chi connectivity index (χ0n) is 7.23. The normalized spacial score (nSPS) is 10.2. The molecule has 1 aromatic carbocycles. The van der Waals surface area contributed by atoms with Crippen LogP contribution in [0.5, 0.6) is 0 Å². The number of benzene rings is 1. The summed E-state index contributed by atoms with van der Waals surface area (Å²) in [7, 11) is 0. The first kappa shape index (κ1) is 9.05. The molecule has 0 bridgehead atoms. The van der Waals surface area contributed by atoms with E-state index in [1.807, 2.05) is 0 Å². The van der Waals surface area contributed by atoms with Crippen molar-refractivity contribution in [2.75, 3.05) is 0 Å². The van der Waals surface area contributed by atoms with Crippen molar-refractivity contribution in [3.63, 3.8) is 0 Å². The average Bonchev–Trinajstić information content (AvgIpc) is 2.71. The van der Waals surface area contributed by atoms with Crippen molar-refractivity contribution in [2.45, 2.75) is 5.21 Å². The van der Waals surface area contributed by atoms with Gasteiger partial charge in [-0.2, -0.15) is 0 Å². The minimum atomic E-state index is 1.18. The van der Waals surface area contributed by atoms with Crippen molar-refractivity contribution >= 4 is 28.2 Å². The van der Waals surface area contributed by atoms with E-state index in [1.165, 1.54) is 21.2 Å². The Kier molecular flexibility index (Phi) is 2.87. The fourth-order valence-corrected chi connectivity index (χ4v) is 2.55. The molecule has 2 heteroatoms. The van der Waals surface area contributed by atoms with E-state index >= 15 is 0 Å². The van der Waals surface area contributed by atoms with E-state index in [1.54, 1.807) is 28.2 Å². The zero-order chi connectivity index (χ0) is 9.10. The molecule has 0 saturated heterocycles. The van der Waals surface area contributed by atoms with Crippen LogP contribution < -0.4 is 0 Å². The van der Waals surface area contributed by atoms with Gasteiger partial charge in [0.1, 0.15) is 0 Å². The van der Waals surface area contributed by atoms with Gasteiger partial charge in [0.15, 0.2) is 0 Å². The Bertz CT molecular complexity index is 361. The molecule has 0 spiro atoms. The molecular weight excluding hydrogens is 239 g/mol. The van der Waals surface area contributed by atoms with Gasteiger partial charge in [0, 0.05) is 0 Å². The van der Waals surface area contributed by atoms with Gasteiger partial charge in [-0.05, 0) is 0 Å². The summed E-state index contributed by atoms with van der Waals surface area (Å²) < 4.78 is 0. The van der Waals surface area contributed by atoms with Crippen molar-refractivity contribution in [1.29, 1.82) is 0 Å². The Hall–Kier alpha value is -0.522. The fourth-order valence-electron chi connectivity index (χ4n) is 1.25. The number of rotatable bonds is 2. The van der Waals surface area contributed by atoms with Crippen LogP contribution in [0.25, 0.3) is 10.4 Å². The van der Waals surface area contributed by atoms with Gasteiger partial charge < -0.3 is 0 Å². The molecule has 0 N–H and O–H groups in total. The molecule has 13 heavy (non-hydrogen) atoms. The fraction of sp³-hybridized carbons (Fsp3) is 0.0909. The maximum atomic E-state index is 2.22. The SMILES string of the molecule is [AsH2]Cc1ccc(-c2cccs2)cc1. The van der Waals surface area contributed by atoms with E-state index in [0.717, 1.165) is 0 Å². The molecule has 1 aromatic heterocycles. The van der Waals surface area contributed by atoms with E-state index in [4.69, 9.17) is 0 Å². The molecule has 1 unspecified atom stereocenters. The predicted octanol–water partition coefficient (Wildman–Crippen LogP) is 2.55. The Morgan fingerprint density at radius 2 is 1.85 bits per heavy atom. The molecule has 0 radical (unpaired) electrons. The molecule has 0 aliphatic carbocycles. The van der Waals surface area contributed by atoms with Crippen LogP contribution in [0, 0.1) is 0 Å². The van der Waals surface area contributed by atoms with Crippen LogP contribution in [0.4, 0.5) is 0 Å². The molecule has 2 aromatic rings. The first-order valence-electron chi connectivity index (χ1n) is 4.23. The monoisotopic (exact) mass is 250 g/mol. The first-order valence-corrected chi connectivity index (χ1v) is 6.82. The van der Waals surface area contributed by atoms with Crippen LogP contribution in [0.3, 0.4) is 0 Å². The topological polar surface area (TPSA) is 0 Å². The standard InChI is InChI=1S/C11H11AsS/c12-8-9-3-5-10(6-4-9)11-2-1-7-13-11/h1-7H,8,12H2. The second-order valence-electron chi connectivity index (χ2n) is 2.88. The zero-order valence-corrected chi connectivity index (χ0v) is 10.5. The Morgan fingerprint density at radius 3 is 2.38 bits per heavy atom. The van der Waals surface area contributed by atoms with Crippen LogP contribution in [0.15, 0.2) is 41.8 Å². The van der Waals surface area contributed by atoms with Gasteiger partial charge >= 0.3 is 91.2 Å². The summed E-state index contributed by atoms with van der Waals surface area (Å²) >= 11 is 3.56. The Morgan fingerprint density at radius 1 is 1.08 bits per heavy atom. The summed E-state index contributed by atoms with van der Waals surface area (Å²) in [6, 6.07) is 13.1. The molecular formula is C11H11AsS. The van der Waals surface area contributed by atoms with Crippen LogP contribution >= 0.6 is 11.3 Å². The first-order chi connectivity index (χ1) is 6.40. The van der Waals surface area contributed by atoms with Gasteiger partial charge in [-0.15, -0.1) is 0 Å². The molecule has 1 heterocycles. The third-order valence-corrected chi connectivity index (χ3v) is 3.90. The Labute approximate surface area is 91.1 Å². The molecule has 0 amide bonds. The molecule has 0 aliphatic heterocycles. The van der Waals surface area contributed by atoms with Gasteiger partial charge in [-0.3, -0.25) is 0 Å². The van der Waals surface area contributed by atoms with Gasteiger partial charge in [0.05, 0.1) is 0 Å². The summed E-state index contributed by atoms with van der Waals surface area (Å²) in [6.07, 6.45) is 0. The van der Waals surface area contributed by atoms with E-state index < -0.39 is 0 Å². The van der Waals surface area contributed by atoms with E-state index in [2.05, 4.69) is 41.8 Å². The van der Waals surface area contributed by atoms with Crippen LogP contribution in [0.1, 0.15) is 5.56 Å². The average molecular weight is 250 g/mol. The van der Waals surface area contributed by atoms with E-state index in [0.29, 0.717) is 0 Å². The van der Waals surface area contributed by atoms with Crippen LogP contribution in [0.2, 0.25) is 0 Å². The summed E-state index contributed by atoms with van der Waals surface area (Å²) in [6.45, 7) is 0. The summed E-state index contributed by atoms with van der Waals surface area (Å²) in [5.74, 6) is 0. The maximum absolute atomic E-state index is 2.22. The molecule has 66 valence electrons. The van der Waals surface area contributed by atoms with Crippen molar-refractivity contribution in [3.05, 3.63) is 47.3 Å². The molecule has 0 saturated carbocycles. The number of hydrogen-bond acceptors (Lipinski definition) is 1. The summed E-state index contributed by atoms with van der Waals surface area (Å²) in [5.41, 5.74) is 2.76. The quantitative estimate of drug-likeness (QED) is 0.718. The second-order valence-corrected chi connectivity index (χ2v) is 4.68. The van der Waals surface area contributed by atoms with Crippen LogP contribution in [-0.4, -0.2) is 16.9 Å². The van der Waals surface area contributed by atoms with Gasteiger partial charge in [0.25, 0.3) is 0 Å².